The Labute approximate surface area is 115 Å². The highest BCUT2D eigenvalue weighted by Gasteiger charge is 2.31. The molecular formula is C13H18F3NO3. The predicted octanol–water partition coefficient (Wildman–Crippen LogP) is 3.05. The van der Waals surface area contributed by atoms with Crippen LogP contribution in [0.25, 0.3) is 0 Å². The predicted molar refractivity (Wildman–Crippen MR) is 68.9 cm³/mol. The zero-order valence-electron chi connectivity index (χ0n) is 11.2. The zero-order chi connectivity index (χ0) is 14.8. The van der Waals surface area contributed by atoms with Crippen molar-refractivity contribution >= 4 is 5.69 Å². The Hall–Kier alpha value is -1.47. The van der Waals surface area contributed by atoms with Gasteiger partial charge in [0.2, 0.25) is 0 Å². The summed E-state index contributed by atoms with van der Waals surface area (Å²) in [6.45, 7) is 2.03. The van der Waals surface area contributed by atoms with E-state index in [9.17, 15) is 13.2 Å². The fourth-order valence-corrected chi connectivity index (χ4v) is 1.47. The fraction of sp³-hybridized carbons (Fsp3) is 0.538. The SMILES string of the molecule is COCCOCCCNc1ccccc1OC(F)(F)F. The molecule has 1 aromatic carbocycles. The van der Waals surface area contributed by atoms with Crippen LogP contribution in [0.3, 0.4) is 0 Å². The van der Waals surface area contributed by atoms with Crippen molar-refractivity contribution < 1.29 is 27.4 Å². The van der Waals surface area contributed by atoms with Crippen molar-refractivity contribution in [2.75, 3.05) is 38.8 Å². The summed E-state index contributed by atoms with van der Waals surface area (Å²) in [5.41, 5.74) is 0.307. The summed E-state index contributed by atoms with van der Waals surface area (Å²) in [6.07, 6.45) is -4.02. The fourth-order valence-electron chi connectivity index (χ4n) is 1.47. The van der Waals surface area contributed by atoms with Gasteiger partial charge in [-0.2, -0.15) is 0 Å². The molecule has 0 saturated carbocycles. The molecule has 0 unspecified atom stereocenters. The number of nitrogens with one attached hydrogen (secondary N) is 1. The Kier molecular flexibility index (Phi) is 7.17. The van der Waals surface area contributed by atoms with Gasteiger partial charge in [0, 0.05) is 20.3 Å². The van der Waals surface area contributed by atoms with Crippen LogP contribution in [-0.2, 0) is 9.47 Å². The van der Waals surface area contributed by atoms with E-state index in [0.29, 0.717) is 38.5 Å². The minimum atomic E-state index is -4.69. The lowest BCUT2D eigenvalue weighted by molar-refractivity contribution is -0.274. The van der Waals surface area contributed by atoms with E-state index in [2.05, 4.69) is 10.1 Å². The van der Waals surface area contributed by atoms with Gasteiger partial charge in [-0.25, -0.2) is 0 Å². The number of hydrogen-bond donors (Lipinski definition) is 1. The summed E-state index contributed by atoms with van der Waals surface area (Å²) < 4.78 is 50.6. The summed E-state index contributed by atoms with van der Waals surface area (Å²) in [5.74, 6) is -0.236. The average molecular weight is 293 g/mol. The van der Waals surface area contributed by atoms with Crippen LogP contribution in [-0.4, -0.2) is 39.8 Å². The third-order valence-corrected chi connectivity index (χ3v) is 2.33. The minimum absolute atomic E-state index is 0.236. The molecule has 4 nitrogen and oxygen atoms in total. The molecule has 20 heavy (non-hydrogen) atoms. The van der Waals surface area contributed by atoms with Gasteiger partial charge < -0.3 is 19.5 Å². The molecule has 0 aromatic heterocycles. The molecule has 0 radical (unpaired) electrons. The van der Waals surface area contributed by atoms with E-state index in [-0.39, 0.29) is 5.75 Å². The molecule has 0 spiro atoms. The number of halogens is 3. The summed E-state index contributed by atoms with van der Waals surface area (Å²) >= 11 is 0. The number of ether oxygens (including phenoxy) is 3. The molecule has 1 aromatic rings. The first-order valence-corrected chi connectivity index (χ1v) is 6.18. The third-order valence-electron chi connectivity index (χ3n) is 2.33. The molecule has 0 aliphatic heterocycles. The number of anilines is 1. The number of methoxy groups -OCH3 is 1. The molecule has 1 N–H and O–H groups in total. The van der Waals surface area contributed by atoms with E-state index in [1.165, 1.54) is 18.2 Å². The Morgan fingerprint density at radius 3 is 2.55 bits per heavy atom. The summed E-state index contributed by atoms with van der Waals surface area (Å²) in [4.78, 5) is 0. The maximum atomic E-state index is 12.2. The molecule has 1 rings (SSSR count). The first kappa shape index (κ1) is 16.6. The summed E-state index contributed by atoms with van der Waals surface area (Å²) in [7, 11) is 1.59. The van der Waals surface area contributed by atoms with Crippen molar-refractivity contribution in [3.8, 4) is 5.75 Å². The standard InChI is InChI=1S/C13H18F3NO3/c1-18-9-10-19-8-4-7-17-11-5-2-3-6-12(11)20-13(14,15)16/h2-3,5-6,17H,4,7-10H2,1H3. The Morgan fingerprint density at radius 2 is 1.85 bits per heavy atom. The van der Waals surface area contributed by atoms with Crippen molar-refractivity contribution in [1.82, 2.24) is 0 Å². The van der Waals surface area contributed by atoms with E-state index < -0.39 is 6.36 Å². The highest BCUT2D eigenvalue weighted by atomic mass is 19.4. The van der Waals surface area contributed by atoms with Gasteiger partial charge in [0.05, 0.1) is 18.9 Å². The smallest absolute Gasteiger partial charge is 0.404 e. The van der Waals surface area contributed by atoms with Gasteiger partial charge in [-0.15, -0.1) is 13.2 Å². The molecule has 0 saturated heterocycles. The second-order valence-corrected chi connectivity index (χ2v) is 3.93. The normalized spacial score (nSPS) is 11.4. The maximum absolute atomic E-state index is 12.2. The lowest BCUT2D eigenvalue weighted by Gasteiger charge is -2.14. The molecule has 0 amide bonds. The summed E-state index contributed by atoms with van der Waals surface area (Å²) in [5, 5.41) is 2.89. The second kappa shape index (κ2) is 8.65. The maximum Gasteiger partial charge on any atom is 0.573 e. The highest BCUT2D eigenvalue weighted by molar-refractivity contribution is 5.56. The first-order chi connectivity index (χ1) is 9.53. The topological polar surface area (TPSA) is 39.7 Å². The molecule has 0 heterocycles. The van der Waals surface area contributed by atoms with Crippen LogP contribution < -0.4 is 10.1 Å². The van der Waals surface area contributed by atoms with Gasteiger partial charge in [-0.3, -0.25) is 0 Å². The molecular weight excluding hydrogens is 275 g/mol. The van der Waals surface area contributed by atoms with Crippen LogP contribution in [0.4, 0.5) is 18.9 Å². The van der Waals surface area contributed by atoms with Gasteiger partial charge in [0.1, 0.15) is 0 Å². The molecule has 0 fully saturated rings. The Morgan fingerprint density at radius 1 is 1.10 bits per heavy atom. The molecule has 0 bridgehead atoms. The summed E-state index contributed by atoms with van der Waals surface area (Å²) in [6, 6.07) is 5.93. The van der Waals surface area contributed by atoms with Crippen molar-refractivity contribution in [3.63, 3.8) is 0 Å². The van der Waals surface area contributed by atoms with E-state index >= 15 is 0 Å². The average Bonchev–Trinajstić information content (AvgIpc) is 2.38. The van der Waals surface area contributed by atoms with E-state index in [1.807, 2.05) is 0 Å². The zero-order valence-corrected chi connectivity index (χ0v) is 11.2. The molecule has 0 atom stereocenters. The van der Waals surface area contributed by atoms with Gasteiger partial charge in [0.25, 0.3) is 0 Å². The van der Waals surface area contributed by atoms with Crippen LogP contribution in [0.1, 0.15) is 6.42 Å². The number of hydrogen-bond acceptors (Lipinski definition) is 4. The van der Waals surface area contributed by atoms with Gasteiger partial charge in [-0.05, 0) is 18.6 Å². The van der Waals surface area contributed by atoms with Crippen LogP contribution >= 0.6 is 0 Å². The first-order valence-electron chi connectivity index (χ1n) is 6.18. The number of benzene rings is 1. The largest absolute Gasteiger partial charge is 0.573 e. The van der Waals surface area contributed by atoms with Crippen molar-refractivity contribution in [2.24, 2.45) is 0 Å². The Balaban J connectivity index is 2.33. The molecule has 7 heteroatoms. The highest BCUT2D eigenvalue weighted by Crippen LogP contribution is 2.29. The van der Waals surface area contributed by atoms with E-state index in [4.69, 9.17) is 9.47 Å². The number of alkyl halides is 3. The van der Waals surface area contributed by atoms with Crippen LogP contribution in [0.2, 0.25) is 0 Å². The lowest BCUT2D eigenvalue weighted by Crippen LogP contribution is -2.18. The quantitative estimate of drug-likeness (QED) is 0.710. The lowest BCUT2D eigenvalue weighted by atomic mass is 10.3. The van der Waals surface area contributed by atoms with Gasteiger partial charge >= 0.3 is 6.36 Å². The number of para-hydroxylation sites is 2. The van der Waals surface area contributed by atoms with Crippen molar-refractivity contribution in [1.29, 1.82) is 0 Å². The van der Waals surface area contributed by atoms with Crippen molar-refractivity contribution in [3.05, 3.63) is 24.3 Å². The number of rotatable bonds is 9. The van der Waals surface area contributed by atoms with Crippen molar-refractivity contribution in [2.45, 2.75) is 12.8 Å². The molecule has 114 valence electrons. The monoisotopic (exact) mass is 293 g/mol. The van der Waals surface area contributed by atoms with Crippen LogP contribution in [0, 0.1) is 0 Å². The van der Waals surface area contributed by atoms with Crippen LogP contribution in [0.15, 0.2) is 24.3 Å². The van der Waals surface area contributed by atoms with Gasteiger partial charge in [-0.1, -0.05) is 12.1 Å². The second-order valence-electron chi connectivity index (χ2n) is 3.93. The van der Waals surface area contributed by atoms with Crippen LogP contribution in [0.5, 0.6) is 5.75 Å². The molecule has 0 aliphatic rings. The van der Waals surface area contributed by atoms with Gasteiger partial charge in [0.15, 0.2) is 5.75 Å². The van der Waals surface area contributed by atoms with E-state index in [1.54, 1.807) is 13.2 Å². The third kappa shape index (κ3) is 7.20. The Bertz CT molecular complexity index is 385. The van der Waals surface area contributed by atoms with E-state index in [0.717, 1.165) is 0 Å². The molecule has 0 aliphatic carbocycles. The minimum Gasteiger partial charge on any atom is -0.404 e.